The van der Waals surface area contributed by atoms with Crippen LogP contribution >= 0.6 is 0 Å². The van der Waals surface area contributed by atoms with Crippen LogP contribution in [0.4, 0.5) is 5.82 Å². The monoisotopic (exact) mass is 319 g/mol. The quantitative estimate of drug-likeness (QED) is 0.858. The Labute approximate surface area is 136 Å². The molecule has 2 saturated heterocycles. The number of amides is 1. The number of ether oxygens (including phenoxy) is 1. The maximum absolute atomic E-state index is 12.2. The van der Waals surface area contributed by atoms with Crippen LogP contribution in [0.15, 0.2) is 12.1 Å². The third-order valence-corrected chi connectivity index (χ3v) is 4.52. The molecule has 1 amide bonds. The minimum Gasteiger partial charge on any atom is -0.381 e. The topological polar surface area (TPSA) is 79.4 Å². The fourth-order valence-electron chi connectivity index (χ4n) is 2.99. The number of hydrogen-bond donors (Lipinski definition) is 2. The van der Waals surface area contributed by atoms with E-state index in [2.05, 4.69) is 32.8 Å². The van der Waals surface area contributed by atoms with Gasteiger partial charge in [-0.1, -0.05) is 0 Å². The van der Waals surface area contributed by atoms with E-state index in [-0.39, 0.29) is 11.9 Å². The lowest BCUT2D eigenvalue weighted by atomic mass is 10.1. The van der Waals surface area contributed by atoms with Crippen LogP contribution < -0.4 is 10.6 Å². The highest BCUT2D eigenvalue weighted by Gasteiger charge is 2.19. The van der Waals surface area contributed by atoms with Crippen LogP contribution in [0.3, 0.4) is 0 Å². The summed E-state index contributed by atoms with van der Waals surface area (Å²) >= 11 is 0. The molecule has 7 nitrogen and oxygen atoms in total. The Bertz CT molecular complexity index is 508. The van der Waals surface area contributed by atoms with E-state index in [4.69, 9.17) is 4.74 Å². The summed E-state index contributed by atoms with van der Waals surface area (Å²) < 4.78 is 5.29. The van der Waals surface area contributed by atoms with Gasteiger partial charge in [-0.2, -0.15) is 0 Å². The van der Waals surface area contributed by atoms with Crippen LogP contribution in [0.25, 0.3) is 0 Å². The van der Waals surface area contributed by atoms with E-state index in [0.29, 0.717) is 24.9 Å². The average Bonchev–Trinajstić information content (AvgIpc) is 2.58. The number of nitrogens with zero attached hydrogens (tertiary/aromatic N) is 3. The van der Waals surface area contributed by atoms with Gasteiger partial charge in [0.15, 0.2) is 5.69 Å². The molecule has 0 radical (unpaired) electrons. The Morgan fingerprint density at radius 1 is 1.13 bits per heavy atom. The van der Waals surface area contributed by atoms with Crippen molar-refractivity contribution in [1.82, 2.24) is 20.4 Å². The molecule has 2 aliphatic heterocycles. The molecule has 126 valence electrons. The highest BCUT2D eigenvalue weighted by atomic mass is 16.5. The number of nitrogens with one attached hydrogen (secondary N) is 2. The Balaban J connectivity index is 1.51. The number of rotatable bonds is 4. The maximum atomic E-state index is 12.2. The summed E-state index contributed by atoms with van der Waals surface area (Å²) in [5.74, 6) is 0.581. The van der Waals surface area contributed by atoms with Gasteiger partial charge >= 0.3 is 0 Å². The average molecular weight is 319 g/mol. The number of carbonyl (C=O) groups is 1. The largest absolute Gasteiger partial charge is 0.381 e. The van der Waals surface area contributed by atoms with Gasteiger partial charge < -0.3 is 20.3 Å². The second kappa shape index (κ2) is 7.70. The summed E-state index contributed by atoms with van der Waals surface area (Å²) in [6.45, 7) is 3.60. The molecule has 23 heavy (non-hydrogen) atoms. The van der Waals surface area contributed by atoms with E-state index in [9.17, 15) is 4.79 Å². The summed E-state index contributed by atoms with van der Waals surface area (Å²) in [4.78, 5) is 14.5. The second-order valence-electron chi connectivity index (χ2n) is 6.39. The van der Waals surface area contributed by atoms with Crippen molar-refractivity contribution in [1.29, 1.82) is 0 Å². The molecule has 3 heterocycles. The molecule has 3 rings (SSSR count). The molecule has 0 spiro atoms. The first-order chi connectivity index (χ1) is 11.2. The zero-order chi connectivity index (χ0) is 16.1. The molecule has 0 atom stereocenters. The van der Waals surface area contributed by atoms with Gasteiger partial charge in [-0.3, -0.25) is 4.79 Å². The number of likely N-dealkylation sites (tertiary alicyclic amines) is 1. The standard InChI is InChI=1S/C16H25N5O2/c1-21-8-4-12(5-9-21)17-15-3-2-14(19-20-15)16(22)18-13-6-10-23-11-7-13/h2-3,12-13H,4-11H2,1H3,(H,17,20)(H,18,22). The van der Waals surface area contributed by atoms with Crippen molar-refractivity contribution < 1.29 is 9.53 Å². The van der Waals surface area contributed by atoms with E-state index in [1.165, 1.54) is 0 Å². The summed E-state index contributed by atoms with van der Waals surface area (Å²) in [7, 11) is 2.14. The molecule has 0 aliphatic carbocycles. The predicted molar refractivity (Wildman–Crippen MR) is 87.5 cm³/mol. The van der Waals surface area contributed by atoms with Crippen LogP contribution in [0.2, 0.25) is 0 Å². The second-order valence-corrected chi connectivity index (χ2v) is 6.39. The van der Waals surface area contributed by atoms with Crippen molar-refractivity contribution in [2.45, 2.75) is 37.8 Å². The lowest BCUT2D eigenvalue weighted by Gasteiger charge is -2.29. The lowest BCUT2D eigenvalue weighted by molar-refractivity contribution is 0.0693. The van der Waals surface area contributed by atoms with E-state index >= 15 is 0 Å². The fourth-order valence-corrected chi connectivity index (χ4v) is 2.99. The van der Waals surface area contributed by atoms with Crippen LogP contribution in [-0.4, -0.2) is 66.4 Å². The van der Waals surface area contributed by atoms with Crippen molar-refractivity contribution in [3.8, 4) is 0 Å². The Morgan fingerprint density at radius 3 is 2.52 bits per heavy atom. The maximum Gasteiger partial charge on any atom is 0.272 e. The molecule has 7 heteroatoms. The van der Waals surface area contributed by atoms with Gasteiger partial charge in [-0.05, 0) is 58.0 Å². The number of anilines is 1. The lowest BCUT2D eigenvalue weighted by Crippen LogP contribution is -2.39. The zero-order valence-electron chi connectivity index (χ0n) is 13.6. The van der Waals surface area contributed by atoms with Gasteiger partial charge in [0.25, 0.3) is 5.91 Å². The van der Waals surface area contributed by atoms with Gasteiger partial charge in [-0.25, -0.2) is 0 Å². The first-order valence-corrected chi connectivity index (χ1v) is 8.38. The van der Waals surface area contributed by atoms with Gasteiger partial charge in [0, 0.05) is 25.3 Å². The molecule has 2 fully saturated rings. The molecule has 2 N–H and O–H groups in total. The van der Waals surface area contributed by atoms with Crippen molar-refractivity contribution in [2.75, 3.05) is 38.7 Å². The fraction of sp³-hybridized carbons (Fsp3) is 0.688. The molecule has 0 unspecified atom stereocenters. The van der Waals surface area contributed by atoms with Crippen LogP contribution in [-0.2, 0) is 4.74 Å². The third-order valence-electron chi connectivity index (χ3n) is 4.52. The van der Waals surface area contributed by atoms with Gasteiger partial charge in [0.2, 0.25) is 0 Å². The predicted octanol–water partition coefficient (Wildman–Crippen LogP) is 0.891. The van der Waals surface area contributed by atoms with Crippen LogP contribution in [0, 0.1) is 0 Å². The van der Waals surface area contributed by atoms with Crippen LogP contribution in [0.1, 0.15) is 36.2 Å². The summed E-state index contributed by atoms with van der Waals surface area (Å²) in [5, 5.41) is 14.6. The Morgan fingerprint density at radius 2 is 1.87 bits per heavy atom. The Kier molecular flexibility index (Phi) is 5.40. The number of carbonyl (C=O) groups excluding carboxylic acids is 1. The summed E-state index contributed by atoms with van der Waals surface area (Å²) in [6, 6.07) is 4.18. The molecule has 0 saturated carbocycles. The summed E-state index contributed by atoms with van der Waals surface area (Å²) in [6.07, 6.45) is 3.91. The first-order valence-electron chi connectivity index (χ1n) is 8.38. The van der Waals surface area contributed by atoms with E-state index in [1.807, 2.05) is 6.07 Å². The Hall–Kier alpha value is -1.73. The van der Waals surface area contributed by atoms with E-state index in [1.54, 1.807) is 6.07 Å². The third kappa shape index (κ3) is 4.62. The number of piperidine rings is 1. The van der Waals surface area contributed by atoms with E-state index in [0.717, 1.165) is 44.6 Å². The molecule has 0 aromatic carbocycles. The molecule has 1 aromatic heterocycles. The molecular weight excluding hydrogens is 294 g/mol. The highest BCUT2D eigenvalue weighted by molar-refractivity contribution is 5.92. The minimum atomic E-state index is -0.157. The normalized spacial score (nSPS) is 21.1. The molecule has 1 aromatic rings. The van der Waals surface area contributed by atoms with Gasteiger partial charge in [0.05, 0.1) is 0 Å². The highest BCUT2D eigenvalue weighted by Crippen LogP contribution is 2.14. The minimum absolute atomic E-state index is 0.157. The SMILES string of the molecule is CN1CCC(Nc2ccc(C(=O)NC3CCOCC3)nn2)CC1. The van der Waals surface area contributed by atoms with Crippen molar-refractivity contribution >= 4 is 11.7 Å². The van der Waals surface area contributed by atoms with Crippen LogP contribution in [0.5, 0.6) is 0 Å². The number of hydrogen-bond acceptors (Lipinski definition) is 6. The van der Waals surface area contributed by atoms with Crippen molar-refractivity contribution in [3.63, 3.8) is 0 Å². The molecule has 0 bridgehead atoms. The van der Waals surface area contributed by atoms with Gasteiger partial charge in [-0.15, -0.1) is 10.2 Å². The smallest absolute Gasteiger partial charge is 0.272 e. The van der Waals surface area contributed by atoms with Crippen molar-refractivity contribution in [3.05, 3.63) is 17.8 Å². The molecular formula is C16H25N5O2. The first kappa shape index (κ1) is 16.1. The van der Waals surface area contributed by atoms with Gasteiger partial charge in [0.1, 0.15) is 5.82 Å². The number of aromatic nitrogens is 2. The molecule has 2 aliphatic rings. The van der Waals surface area contributed by atoms with Crippen molar-refractivity contribution in [2.24, 2.45) is 0 Å². The summed E-state index contributed by atoms with van der Waals surface area (Å²) in [5.41, 5.74) is 0.366. The zero-order valence-corrected chi connectivity index (χ0v) is 13.6. The van der Waals surface area contributed by atoms with E-state index < -0.39 is 0 Å².